The number of amides is 1. The molecule has 1 saturated heterocycles. The maximum Gasteiger partial charge on any atom is 0.263 e. The lowest BCUT2D eigenvalue weighted by Crippen LogP contribution is -2.44. The van der Waals surface area contributed by atoms with Gasteiger partial charge in [0, 0.05) is 25.1 Å². The van der Waals surface area contributed by atoms with Crippen LogP contribution in [0.4, 0.5) is 0 Å². The summed E-state index contributed by atoms with van der Waals surface area (Å²) in [5, 5.41) is 8.94. The summed E-state index contributed by atoms with van der Waals surface area (Å²) in [4.78, 5) is 14.7. The molecule has 0 N–H and O–H groups in total. The maximum absolute atomic E-state index is 12.8. The molecule has 1 aliphatic carbocycles. The smallest absolute Gasteiger partial charge is 0.263 e. The highest BCUT2D eigenvalue weighted by Crippen LogP contribution is 2.30. The summed E-state index contributed by atoms with van der Waals surface area (Å²) in [6, 6.07) is 9.36. The number of nitrogens with zero attached hydrogens (tertiary/aromatic N) is 2. The van der Waals surface area contributed by atoms with Gasteiger partial charge in [-0.2, -0.15) is 5.26 Å². The van der Waals surface area contributed by atoms with E-state index in [9.17, 15) is 4.79 Å². The van der Waals surface area contributed by atoms with Crippen LogP contribution in [0.5, 0.6) is 5.75 Å². The largest absolute Gasteiger partial charge is 0.481 e. The minimum atomic E-state index is -0.549. The standard InChI is InChI=1S/C18H22N2O3/c1-13(23-17-4-2-3-14(9-17)10-19)18(21)20(16-5-6-16)11-15-7-8-22-12-15/h2-4,9,13,15-16H,5-8,11-12H2,1H3. The summed E-state index contributed by atoms with van der Waals surface area (Å²) in [7, 11) is 0. The van der Waals surface area contributed by atoms with E-state index < -0.39 is 6.10 Å². The second kappa shape index (κ2) is 7.01. The lowest BCUT2D eigenvalue weighted by Gasteiger charge is -2.28. The van der Waals surface area contributed by atoms with Crippen molar-refractivity contribution in [3.8, 4) is 11.8 Å². The first kappa shape index (κ1) is 15.8. The van der Waals surface area contributed by atoms with Crippen LogP contribution in [0.25, 0.3) is 0 Å². The van der Waals surface area contributed by atoms with Crippen molar-refractivity contribution >= 4 is 5.91 Å². The second-order valence-corrected chi connectivity index (χ2v) is 6.35. The monoisotopic (exact) mass is 314 g/mol. The van der Waals surface area contributed by atoms with Gasteiger partial charge in [0.25, 0.3) is 5.91 Å². The molecule has 0 radical (unpaired) electrons. The summed E-state index contributed by atoms with van der Waals surface area (Å²) in [5.74, 6) is 1.03. The minimum Gasteiger partial charge on any atom is -0.481 e. The molecule has 1 amide bonds. The third-order valence-electron chi connectivity index (χ3n) is 4.37. The Labute approximate surface area is 136 Å². The molecule has 5 heteroatoms. The first-order valence-corrected chi connectivity index (χ1v) is 8.22. The molecular weight excluding hydrogens is 292 g/mol. The average molecular weight is 314 g/mol. The number of hydrogen-bond donors (Lipinski definition) is 0. The molecule has 2 atom stereocenters. The Hall–Kier alpha value is -2.06. The Bertz CT molecular complexity index is 601. The van der Waals surface area contributed by atoms with Gasteiger partial charge in [-0.05, 0) is 44.4 Å². The molecular formula is C18H22N2O3. The van der Waals surface area contributed by atoms with E-state index in [0.29, 0.717) is 23.3 Å². The van der Waals surface area contributed by atoms with E-state index in [1.165, 1.54) is 0 Å². The van der Waals surface area contributed by atoms with Gasteiger partial charge in [-0.25, -0.2) is 0 Å². The number of rotatable bonds is 6. The van der Waals surface area contributed by atoms with Gasteiger partial charge in [0.15, 0.2) is 6.10 Å². The quantitative estimate of drug-likeness (QED) is 0.808. The number of carbonyl (C=O) groups excluding carboxylic acids is 1. The van der Waals surface area contributed by atoms with Gasteiger partial charge < -0.3 is 14.4 Å². The van der Waals surface area contributed by atoms with Gasteiger partial charge in [0.2, 0.25) is 0 Å². The van der Waals surface area contributed by atoms with E-state index in [4.69, 9.17) is 14.7 Å². The summed E-state index contributed by atoms with van der Waals surface area (Å²) in [5.41, 5.74) is 0.532. The van der Waals surface area contributed by atoms with Crippen molar-refractivity contribution in [1.29, 1.82) is 5.26 Å². The van der Waals surface area contributed by atoms with Crippen LogP contribution >= 0.6 is 0 Å². The molecule has 0 aromatic heterocycles. The molecule has 5 nitrogen and oxygen atoms in total. The molecule has 0 bridgehead atoms. The highest BCUT2D eigenvalue weighted by atomic mass is 16.5. The van der Waals surface area contributed by atoms with Crippen LogP contribution in [-0.4, -0.2) is 42.7 Å². The average Bonchev–Trinajstić information content (AvgIpc) is 3.28. The number of benzene rings is 1. The molecule has 122 valence electrons. The highest BCUT2D eigenvalue weighted by Gasteiger charge is 2.37. The fourth-order valence-corrected chi connectivity index (χ4v) is 2.94. The Balaban J connectivity index is 1.63. The van der Waals surface area contributed by atoms with Crippen LogP contribution in [-0.2, 0) is 9.53 Å². The van der Waals surface area contributed by atoms with Gasteiger partial charge in [-0.15, -0.1) is 0 Å². The molecule has 1 saturated carbocycles. The topological polar surface area (TPSA) is 62.6 Å². The molecule has 1 aromatic carbocycles. The van der Waals surface area contributed by atoms with Gasteiger partial charge in [0.1, 0.15) is 5.75 Å². The molecule has 23 heavy (non-hydrogen) atoms. The fraction of sp³-hybridized carbons (Fsp3) is 0.556. The van der Waals surface area contributed by atoms with Crippen LogP contribution in [0.3, 0.4) is 0 Å². The van der Waals surface area contributed by atoms with Crippen molar-refractivity contribution < 1.29 is 14.3 Å². The van der Waals surface area contributed by atoms with E-state index in [1.54, 1.807) is 31.2 Å². The zero-order valence-corrected chi connectivity index (χ0v) is 13.4. The van der Waals surface area contributed by atoms with E-state index in [1.807, 2.05) is 4.90 Å². The number of ether oxygens (including phenoxy) is 2. The van der Waals surface area contributed by atoms with Crippen molar-refractivity contribution in [2.45, 2.75) is 38.3 Å². The number of nitriles is 1. The fourth-order valence-electron chi connectivity index (χ4n) is 2.94. The van der Waals surface area contributed by atoms with E-state index in [2.05, 4.69) is 6.07 Å². The molecule has 3 rings (SSSR count). The highest BCUT2D eigenvalue weighted by molar-refractivity contribution is 5.81. The Morgan fingerprint density at radius 2 is 2.30 bits per heavy atom. The van der Waals surface area contributed by atoms with Crippen molar-refractivity contribution in [3.05, 3.63) is 29.8 Å². The predicted molar refractivity (Wildman–Crippen MR) is 84.9 cm³/mol. The van der Waals surface area contributed by atoms with Crippen LogP contribution in [0.1, 0.15) is 31.7 Å². The molecule has 2 unspecified atom stereocenters. The van der Waals surface area contributed by atoms with Crippen LogP contribution in [0.15, 0.2) is 24.3 Å². The summed E-state index contributed by atoms with van der Waals surface area (Å²) in [6.45, 7) is 4.08. The normalized spacial score (nSPS) is 21.5. The Morgan fingerprint density at radius 3 is 2.96 bits per heavy atom. The SMILES string of the molecule is CC(Oc1cccc(C#N)c1)C(=O)N(CC1CCOC1)C1CC1. The van der Waals surface area contributed by atoms with E-state index in [-0.39, 0.29) is 5.91 Å². The van der Waals surface area contributed by atoms with Crippen LogP contribution < -0.4 is 4.74 Å². The van der Waals surface area contributed by atoms with Gasteiger partial charge in [-0.1, -0.05) is 6.07 Å². The molecule has 0 spiro atoms. The van der Waals surface area contributed by atoms with Gasteiger partial charge in [-0.3, -0.25) is 4.79 Å². The van der Waals surface area contributed by atoms with E-state index >= 15 is 0 Å². The van der Waals surface area contributed by atoms with E-state index in [0.717, 1.165) is 39.0 Å². The van der Waals surface area contributed by atoms with Crippen LogP contribution in [0.2, 0.25) is 0 Å². The van der Waals surface area contributed by atoms with Crippen molar-refractivity contribution in [3.63, 3.8) is 0 Å². The summed E-state index contributed by atoms with van der Waals surface area (Å²) >= 11 is 0. The minimum absolute atomic E-state index is 0.0294. The van der Waals surface area contributed by atoms with Crippen molar-refractivity contribution in [1.82, 2.24) is 4.90 Å². The number of hydrogen-bond acceptors (Lipinski definition) is 4. The van der Waals surface area contributed by atoms with Crippen LogP contribution in [0, 0.1) is 17.2 Å². The van der Waals surface area contributed by atoms with Gasteiger partial charge >= 0.3 is 0 Å². The lowest BCUT2D eigenvalue weighted by atomic mass is 10.1. The second-order valence-electron chi connectivity index (χ2n) is 6.35. The Morgan fingerprint density at radius 1 is 1.48 bits per heavy atom. The Kier molecular flexibility index (Phi) is 4.82. The summed E-state index contributed by atoms with van der Waals surface area (Å²) < 4.78 is 11.2. The first-order chi connectivity index (χ1) is 11.2. The van der Waals surface area contributed by atoms with Gasteiger partial charge in [0.05, 0.1) is 18.2 Å². The zero-order chi connectivity index (χ0) is 16.2. The molecule has 1 aliphatic heterocycles. The third kappa shape index (κ3) is 4.02. The third-order valence-corrected chi connectivity index (χ3v) is 4.37. The summed E-state index contributed by atoms with van der Waals surface area (Å²) in [6.07, 6.45) is 2.63. The molecule has 1 heterocycles. The van der Waals surface area contributed by atoms with Crippen molar-refractivity contribution in [2.75, 3.05) is 19.8 Å². The number of carbonyl (C=O) groups is 1. The predicted octanol–water partition coefficient (Wildman–Crippen LogP) is 2.35. The first-order valence-electron chi connectivity index (χ1n) is 8.22. The zero-order valence-electron chi connectivity index (χ0n) is 13.4. The lowest BCUT2D eigenvalue weighted by molar-refractivity contribution is -0.139. The van der Waals surface area contributed by atoms with Crippen molar-refractivity contribution in [2.24, 2.45) is 5.92 Å². The molecule has 1 aromatic rings. The molecule has 2 fully saturated rings. The maximum atomic E-state index is 12.8. The molecule has 2 aliphatic rings.